The van der Waals surface area contributed by atoms with Crippen LogP contribution in [0.2, 0.25) is 0 Å². The van der Waals surface area contributed by atoms with Crippen LogP contribution < -0.4 is 5.32 Å². The maximum absolute atomic E-state index is 13.1. The van der Waals surface area contributed by atoms with Crippen molar-refractivity contribution in [2.75, 3.05) is 6.61 Å². The average Bonchev–Trinajstić information content (AvgIpc) is 3.22. The van der Waals surface area contributed by atoms with Crippen LogP contribution in [0, 0.1) is 5.92 Å². The lowest BCUT2D eigenvalue weighted by Gasteiger charge is -2.12. The third kappa shape index (κ3) is 4.54. The van der Waals surface area contributed by atoms with Crippen molar-refractivity contribution in [3.63, 3.8) is 0 Å². The quantitative estimate of drug-likeness (QED) is 0.786. The van der Waals surface area contributed by atoms with E-state index in [4.69, 9.17) is 4.74 Å². The van der Waals surface area contributed by atoms with Gasteiger partial charge in [-0.25, -0.2) is 0 Å². The molecular weight excluding hydrogens is 383 g/mol. The number of nitrogens with one attached hydrogen (secondary N) is 1. The van der Waals surface area contributed by atoms with E-state index in [1.807, 2.05) is 0 Å². The fourth-order valence-corrected chi connectivity index (χ4v) is 3.37. The van der Waals surface area contributed by atoms with Gasteiger partial charge in [0.1, 0.15) is 0 Å². The third-order valence-electron chi connectivity index (χ3n) is 4.10. The van der Waals surface area contributed by atoms with Crippen LogP contribution in [0.3, 0.4) is 0 Å². The molecule has 3 rings (SSSR count). The molecular formula is C18H14F3NO4S. The Morgan fingerprint density at radius 3 is 2.56 bits per heavy atom. The molecule has 0 radical (unpaired) electrons. The predicted molar refractivity (Wildman–Crippen MR) is 90.0 cm³/mol. The summed E-state index contributed by atoms with van der Waals surface area (Å²) in [6.07, 6.45) is -4.28. The molecule has 1 N–H and O–H groups in total. The summed E-state index contributed by atoms with van der Waals surface area (Å²) >= 11 is 1.15. The van der Waals surface area contributed by atoms with E-state index in [2.05, 4.69) is 5.32 Å². The Bertz CT molecular complexity index is 864. The van der Waals surface area contributed by atoms with Gasteiger partial charge in [0.05, 0.1) is 16.4 Å². The Kier molecular flexibility index (Phi) is 5.31. The molecule has 1 aromatic heterocycles. The second kappa shape index (κ2) is 7.51. The number of carbonyl (C=O) groups is 3. The lowest BCUT2D eigenvalue weighted by molar-refractivity contribution is -0.149. The number of halogens is 3. The Balaban J connectivity index is 1.52. The molecule has 1 aliphatic rings. The monoisotopic (exact) mass is 397 g/mol. The third-order valence-corrected chi connectivity index (χ3v) is 4.97. The van der Waals surface area contributed by atoms with Crippen LogP contribution in [-0.2, 0) is 20.5 Å². The molecule has 142 valence electrons. The Morgan fingerprint density at radius 1 is 1.15 bits per heavy atom. The highest BCUT2D eigenvalue weighted by atomic mass is 32.1. The molecule has 1 saturated carbocycles. The number of rotatable bonds is 5. The van der Waals surface area contributed by atoms with E-state index in [0.717, 1.165) is 17.4 Å². The highest BCUT2D eigenvalue weighted by molar-refractivity contribution is 7.12. The Labute approximate surface area is 156 Å². The number of alkyl halides is 3. The van der Waals surface area contributed by atoms with Crippen molar-refractivity contribution in [2.45, 2.75) is 18.5 Å². The molecule has 1 aliphatic carbocycles. The van der Waals surface area contributed by atoms with Gasteiger partial charge in [0, 0.05) is 0 Å². The highest BCUT2D eigenvalue weighted by Gasteiger charge is 2.48. The van der Waals surface area contributed by atoms with E-state index in [1.165, 1.54) is 24.3 Å². The molecule has 0 saturated heterocycles. The first-order valence-corrected chi connectivity index (χ1v) is 8.86. The lowest BCUT2D eigenvalue weighted by Crippen LogP contribution is -2.33. The maximum atomic E-state index is 13.1. The molecule has 0 bridgehead atoms. The number of benzene rings is 1. The lowest BCUT2D eigenvalue weighted by atomic mass is 10.0. The van der Waals surface area contributed by atoms with E-state index in [-0.39, 0.29) is 12.0 Å². The number of amides is 2. The molecule has 27 heavy (non-hydrogen) atoms. The van der Waals surface area contributed by atoms with E-state index >= 15 is 0 Å². The van der Waals surface area contributed by atoms with E-state index in [1.54, 1.807) is 11.4 Å². The van der Waals surface area contributed by atoms with Crippen molar-refractivity contribution >= 4 is 29.1 Å². The van der Waals surface area contributed by atoms with Crippen LogP contribution in [0.25, 0.3) is 0 Å². The molecule has 1 fully saturated rings. The summed E-state index contributed by atoms with van der Waals surface area (Å²) < 4.78 is 44.0. The van der Waals surface area contributed by atoms with Crippen molar-refractivity contribution in [3.05, 3.63) is 57.8 Å². The fraction of sp³-hybridized carbons (Fsp3) is 0.278. The van der Waals surface area contributed by atoms with Gasteiger partial charge < -0.3 is 4.74 Å². The van der Waals surface area contributed by atoms with Gasteiger partial charge in [0.15, 0.2) is 6.61 Å². The topological polar surface area (TPSA) is 72.5 Å². The SMILES string of the molecule is O=C(COC(=O)[C@@H]1C[C@H]1c1ccccc1C(F)(F)F)NC(=O)c1cccs1. The number of hydrogen-bond acceptors (Lipinski definition) is 5. The maximum Gasteiger partial charge on any atom is 0.416 e. The minimum Gasteiger partial charge on any atom is -0.455 e. The number of carbonyl (C=O) groups excluding carboxylic acids is 3. The molecule has 9 heteroatoms. The van der Waals surface area contributed by atoms with Crippen LogP contribution in [0.1, 0.15) is 33.1 Å². The Hall–Kier alpha value is -2.68. The van der Waals surface area contributed by atoms with E-state index in [9.17, 15) is 27.6 Å². The number of hydrogen-bond donors (Lipinski definition) is 1. The minimum atomic E-state index is -4.50. The van der Waals surface area contributed by atoms with Gasteiger partial charge in [0.25, 0.3) is 11.8 Å². The zero-order chi connectivity index (χ0) is 19.6. The summed E-state index contributed by atoms with van der Waals surface area (Å²) in [5.41, 5.74) is -0.728. The van der Waals surface area contributed by atoms with Crippen molar-refractivity contribution in [1.29, 1.82) is 0 Å². The molecule has 0 aliphatic heterocycles. The van der Waals surface area contributed by atoms with Crippen molar-refractivity contribution in [1.82, 2.24) is 5.32 Å². The number of ether oxygens (including phenoxy) is 1. The van der Waals surface area contributed by atoms with Gasteiger partial charge in [-0.1, -0.05) is 24.3 Å². The number of esters is 1. The van der Waals surface area contributed by atoms with E-state index < -0.39 is 48.0 Å². The smallest absolute Gasteiger partial charge is 0.416 e. The molecule has 0 unspecified atom stereocenters. The van der Waals surface area contributed by atoms with Crippen molar-refractivity contribution in [2.24, 2.45) is 5.92 Å². The van der Waals surface area contributed by atoms with E-state index in [0.29, 0.717) is 4.88 Å². The fourth-order valence-electron chi connectivity index (χ4n) is 2.75. The minimum absolute atomic E-state index is 0.0456. The molecule has 0 spiro atoms. The first kappa shape index (κ1) is 19.1. The van der Waals surface area contributed by atoms with Crippen LogP contribution in [0.15, 0.2) is 41.8 Å². The first-order chi connectivity index (χ1) is 12.8. The molecule has 1 aromatic carbocycles. The molecule has 2 atom stereocenters. The van der Waals surface area contributed by atoms with Gasteiger partial charge in [-0.3, -0.25) is 19.7 Å². The molecule has 2 aromatic rings. The van der Waals surface area contributed by atoms with Crippen LogP contribution in [0.5, 0.6) is 0 Å². The van der Waals surface area contributed by atoms with Crippen LogP contribution in [-0.4, -0.2) is 24.4 Å². The average molecular weight is 397 g/mol. The summed E-state index contributed by atoms with van der Waals surface area (Å²) in [4.78, 5) is 35.7. The largest absolute Gasteiger partial charge is 0.455 e. The molecule has 1 heterocycles. The number of thiophene rings is 1. The highest BCUT2D eigenvalue weighted by Crippen LogP contribution is 2.51. The summed E-state index contributed by atoms with van der Waals surface area (Å²) in [5.74, 6) is -3.47. The molecule has 5 nitrogen and oxygen atoms in total. The normalized spacial score (nSPS) is 18.6. The van der Waals surface area contributed by atoms with Gasteiger partial charge in [-0.2, -0.15) is 13.2 Å². The van der Waals surface area contributed by atoms with Crippen molar-refractivity contribution < 1.29 is 32.3 Å². The zero-order valence-corrected chi connectivity index (χ0v) is 14.6. The summed E-state index contributed by atoms with van der Waals surface area (Å²) in [6.45, 7) is -0.667. The number of imide groups is 1. The standard InChI is InChI=1S/C18H14F3NO4S/c19-18(20,21)13-5-2-1-4-10(13)11-8-12(11)17(25)26-9-15(23)22-16(24)14-6-3-7-27-14/h1-7,11-12H,8-9H2,(H,22,23,24)/t11-,12+/m0/s1. The van der Waals surface area contributed by atoms with Gasteiger partial charge in [-0.15, -0.1) is 11.3 Å². The van der Waals surface area contributed by atoms with Crippen molar-refractivity contribution in [3.8, 4) is 0 Å². The van der Waals surface area contributed by atoms with Crippen LogP contribution >= 0.6 is 11.3 Å². The summed E-state index contributed by atoms with van der Waals surface area (Å²) in [7, 11) is 0. The second-order valence-corrected chi connectivity index (χ2v) is 6.94. The zero-order valence-electron chi connectivity index (χ0n) is 13.8. The van der Waals surface area contributed by atoms with Gasteiger partial charge in [0.2, 0.25) is 0 Å². The van der Waals surface area contributed by atoms with Crippen LogP contribution in [0.4, 0.5) is 13.2 Å². The first-order valence-electron chi connectivity index (χ1n) is 7.98. The second-order valence-electron chi connectivity index (χ2n) is 6.00. The van der Waals surface area contributed by atoms with Gasteiger partial charge >= 0.3 is 12.1 Å². The molecule has 2 amide bonds. The van der Waals surface area contributed by atoms with Gasteiger partial charge in [-0.05, 0) is 35.4 Å². The predicted octanol–water partition coefficient (Wildman–Crippen LogP) is 3.37. The summed E-state index contributed by atoms with van der Waals surface area (Å²) in [6, 6.07) is 8.26. The Morgan fingerprint density at radius 2 is 1.89 bits per heavy atom. The summed E-state index contributed by atoms with van der Waals surface area (Å²) in [5, 5.41) is 3.75.